The van der Waals surface area contributed by atoms with E-state index in [0.29, 0.717) is 6.42 Å². The van der Waals surface area contributed by atoms with Crippen LogP contribution < -0.4 is 5.32 Å². The minimum absolute atomic E-state index is 0.290. The van der Waals surface area contributed by atoms with Gasteiger partial charge in [0.25, 0.3) is 0 Å². The van der Waals surface area contributed by atoms with E-state index in [0.717, 1.165) is 52.1 Å². The van der Waals surface area contributed by atoms with Crippen molar-refractivity contribution in [1.29, 1.82) is 0 Å². The summed E-state index contributed by atoms with van der Waals surface area (Å²) in [7, 11) is 2.16. The van der Waals surface area contributed by atoms with E-state index in [1.54, 1.807) is 0 Å². The molecule has 2 rings (SSSR count). The van der Waals surface area contributed by atoms with Gasteiger partial charge in [-0.25, -0.2) is 0 Å². The van der Waals surface area contributed by atoms with E-state index in [2.05, 4.69) is 23.3 Å². The van der Waals surface area contributed by atoms with Crippen molar-refractivity contribution in [2.45, 2.75) is 19.3 Å². The van der Waals surface area contributed by atoms with Gasteiger partial charge in [-0.3, -0.25) is 4.79 Å². The third-order valence-electron chi connectivity index (χ3n) is 3.66. The Balaban J connectivity index is 1.76. The van der Waals surface area contributed by atoms with Crippen molar-refractivity contribution < 1.29 is 4.79 Å². The lowest BCUT2D eigenvalue weighted by Crippen LogP contribution is -2.46. The molecule has 4 heteroatoms. The zero-order chi connectivity index (χ0) is 12.1. The highest BCUT2D eigenvalue weighted by Gasteiger charge is 2.15. The number of likely N-dealkylation sites (tertiary alicyclic amines) is 1. The number of carbonyl (C=O) groups excluding carboxylic acids is 1. The van der Waals surface area contributed by atoms with Crippen LogP contribution in [0.4, 0.5) is 0 Å². The molecule has 2 fully saturated rings. The number of piperazine rings is 1. The molecule has 2 heterocycles. The smallest absolute Gasteiger partial charge is 0.226 e. The topological polar surface area (TPSA) is 35.6 Å². The highest BCUT2D eigenvalue weighted by molar-refractivity contribution is 5.77. The van der Waals surface area contributed by atoms with Crippen LogP contribution in [0.1, 0.15) is 19.3 Å². The van der Waals surface area contributed by atoms with Gasteiger partial charge in [0.05, 0.1) is 0 Å². The molecule has 0 aliphatic carbocycles. The minimum Gasteiger partial charge on any atom is -0.340 e. The van der Waals surface area contributed by atoms with Gasteiger partial charge in [0.1, 0.15) is 0 Å². The molecule has 0 aromatic rings. The van der Waals surface area contributed by atoms with Gasteiger partial charge in [-0.2, -0.15) is 0 Å². The third kappa shape index (κ3) is 3.82. The molecule has 0 radical (unpaired) electrons. The van der Waals surface area contributed by atoms with Crippen LogP contribution in [0, 0.1) is 0 Å². The SMILES string of the molecule is CN1CCC(=CCC(=O)N2CCNCC2)CC1. The van der Waals surface area contributed by atoms with Crippen molar-refractivity contribution in [3.63, 3.8) is 0 Å². The van der Waals surface area contributed by atoms with Crippen molar-refractivity contribution in [2.75, 3.05) is 46.3 Å². The molecular formula is C13H23N3O. The Bertz CT molecular complexity index is 285. The van der Waals surface area contributed by atoms with Crippen LogP contribution in [0.2, 0.25) is 0 Å². The molecule has 0 unspecified atom stereocenters. The van der Waals surface area contributed by atoms with E-state index in [1.807, 2.05) is 4.90 Å². The zero-order valence-electron chi connectivity index (χ0n) is 10.7. The largest absolute Gasteiger partial charge is 0.340 e. The lowest BCUT2D eigenvalue weighted by Gasteiger charge is -2.27. The first-order chi connectivity index (χ1) is 8.25. The van der Waals surface area contributed by atoms with Crippen LogP contribution >= 0.6 is 0 Å². The Morgan fingerprint density at radius 1 is 1.24 bits per heavy atom. The second-order valence-corrected chi connectivity index (χ2v) is 5.00. The third-order valence-corrected chi connectivity index (χ3v) is 3.66. The molecule has 2 aliphatic heterocycles. The number of nitrogens with one attached hydrogen (secondary N) is 1. The molecule has 0 spiro atoms. The van der Waals surface area contributed by atoms with Crippen LogP contribution in [-0.2, 0) is 4.79 Å². The normalized spacial score (nSPS) is 22.6. The molecule has 0 aromatic heterocycles. The average Bonchev–Trinajstić information content (AvgIpc) is 2.39. The number of nitrogens with zero attached hydrogens (tertiary/aromatic N) is 2. The summed E-state index contributed by atoms with van der Waals surface area (Å²) in [5.74, 6) is 0.290. The molecule has 0 aromatic carbocycles. The summed E-state index contributed by atoms with van der Waals surface area (Å²) in [5.41, 5.74) is 1.46. The molecule has 2 aliphatic rings. The van der Waals surface area contributed by atoms with Crippen molar-refractivity contribution in [2.24, 2.45) is 0 Å². The van der Waals surface area contributed by atoms with Gasteiger partial charge in [-0.15, -0.1) is 0 Å². The van der Waals surface area contributed by atoms with E-state index in [4.69, 9.17) is 0 Å². The Morgan fingerprint density at radius 3 is 2.53 bits per heavy atom. The second kappa shape index (κ2) is 6.17. The number of hydrogen-bond donors (Lipinski definition) is 1. The van der Waals surface area contributed by atoms with Gasteiger partial charge < -0.3 is 15.1 Å². The predicted octanol–water partition coefficient (Wildman–Crippen LogP) is 0.460. The standard InChI is InChI=1S/C13H23N3O/c1-15-8-4-12(5-9-15)2-3-13(17)16-10-6-14-7-11-16/h2,14H,3-11H2,1H3. The van der Waals surface area contributed by atoms with Gasteiger partial charge in [0, 0.05) is 45.7 Å². The van der Waals surface area contributed by atoms with Crippen LogP contribution in [-0.4, -0.2) is 62.0 Å². The predicted molar refractivity (Wildman–Crippen MR) is 68.9 cm³/mol. The van der Waals surface area contributed by atoms with Crippen molar-refractivity contribution in [3.8, 4) is 0 Å². The zero-order valence-corrected chi connectivity index (χ0v) is 10.7. The fraction of sp³-hybridized carbons (Fsp3) is 0.769. The quantitative estimate of drug-likeness (QED) is 0.709. The van der Waals surface area contributed by atoms with Gasteiger partial charge in [0.2, 0.25) is 5.91 Å². The molecule has 1 amide bonds. The molecule has 0 saturated carbocycles. The summed E-state index contributed by atoms with van der Waals surface area (Å²) in [4.78, 5) is 16.3. The van der Waals surface area contributed by atoms with Crippen LogP contribution in [0.15, 0.2) is 11.6 Å². The van der Waals surface area contributed by atoms with E-state index >= 15 is 0 Å². The Hall–Kier alpha value is -0.870. The second-order valence-electron chi connectivity index (χ2n) is 5.00. The first kappa shape index (κ1) is 12.6. The highest BCUT2D eigenvalue weighted by Crippen LogP contribution is 2.15. The minimum atomic E-state index is 0.290. The van der Waals surface area contributed by atoms with Gasteiger partial charge in [-0.05, 0) is 19.9 Å². The maximum absolute atomic E-state index is 11.9. The summed E-state index contributed by atoms with van der Waals surface area (Å²) >= 11 is 0. The van der Waals surface area contributed by atoms with Crippen molar-refractivity contribution >= 4 is 5.91 Å². The van der Waals surface area contributed by atoms with Gasteiger partial charge in [-0.1, -0.05) is 11.6 Å². The van der Waals surface area contributed by atoms with Crippen molar-refractivity contribution in [1.82, 2.24) is 15.1 Å². The first-order valence-electron chi connectivity index (χ1n) is 6.60. The molecule has 17 heavy (non-hydrogen) atoms. The van der Waals surface area contributed by atoms with Crippen LogP contribution in [0.3, 0.4) is 0 Å². The monoisotopic (exact) mass is 237 g/mol. The molecule has 4 nitrogen and oxygen atoms in total. The maximum Gasteiger partial charge on any atom is 0.226 e. The van der Waals surface area contributed by atoms with Gasteiger partial charge in [0.15, 0.2) is 0 Å². The van der Waals surface area contributed by atoms with E-state index in [-0.39, 0.29) is 5.91 Å². The molecular weight excluding hydrogens is 214 g/mol. The first-order valence-corrected chi connectivity index (χ1v) is 6.60. The lowest BCUT2D eigenvalue weighted by atomic mass is 10.0. The van der Waals surface area contributed by atoms with E-state index in [1.165, 1.54) is 5.57 Å². The number of carbonyl (C=O) groups is 1. The lowest BCUT2D eigenvalue weighted by molar-refractivity contribution is -0.130. The molecule has 1 N–H and O–H groups in total. The fourth-order valence-electron chi connectivity index (χ4n) is 2.38. The van der Waals surface area contributed by atoms with E-state index in [9.17, 15) is 4.79 Å². The van der Waals surface area contributed by atoms with Gasteiger partial charge >= 0.3 is 0 Å². The van der Waals surface area contributed by atoms with Crippen molar-refractivity contribution in [3.05, 3.63) is 11.6 Å². The number of piperidine rings is 1. The summed E-state index contributed by atoms with van der Waals surface area (Å²) in [6.07, 6.45) is 5.02. The summed E-state index contributed by atoms with van der Waals surface area (Å²) < 4.78 is 0. The van der Waals surface area contributed by atoms with Crippen LogP contribution in [0.5, 0.6) is 0 Å². The maximum atomic E-state index is 11.9. The number of amides is 1. The highest BCUT2D eigenvalue weighted by atomic mass is 16.2. The molecule has 0 atom stereocenters. The summed E-state index contributed by atoms with van der Waals surface area (Å²) in [6.45, 7) is 5.87. The average molecular weight is 237 g/mol. The number of hydrogen-bond acceptors (Lipinski definition) is 3. The summed E-state index contributed by atoms with van der Waals surface area (Å²) in [5, 5.41) is 3.27. The summed E-state index contributed by atoms with van der Waals surface area (Å²) in [6, 6.07) is 0. The fourth-order valence-corrected chi connectivity index (χ4v) is 2.38. The molecule has 0 bridgehead atoms. The Labute approximate surface area is 104 Å². The van der Waals surface area contributed by atoms with Crippen LogP contribution in [0.25, 0.3) is 0 Å². The Kier molecular flexibility index (Phi) is 4.57. The molecule has 2 saturated heterocycles. The Morgan fingerprint density at radius 2 is 1.88 bits per heavy atom. The van der Waals surface area contributed by atoms with E-state index < -0.39 is 0 Å². The number of rotatable bonds is 2. The molecule has 96 valence electrons.